The van der Waals surface area contributed by atoms with Gasteiger partial charge < -0.3 is 4.57 Å². The Morgan fingerprint density at radius 2 is 1.79 bits per heavy atom. The average Bonchev–Trinajstić information content (AvgIpc) is 2.48. The molecule has 130 valence electrons. The molecule has 0 amide bonds. The smallest absolute Gasteiger partial charge is 0.311 e. The van der Waals surface area contributed by atoms with E-state index in [1.165, 1.54) is 32.3 Å². The molecule has 0 bridgehead atoms. The van der Waals surface area contributed by atoms with E-state index >= 15 is 0 Å². The van der Waals surface area contributed by atoms with Crippen LogP contribution >= 0.6 is 0 Å². The van der Waals surface area contributed by atoms with Crippen molar-refractivity contribution in [1.29, 1.82) is 0 Å². The number of rotatable bonds is 4. The van der Waals surface area contributed by atoms with Crippen molar-refractivity contribution in [2.75, 3.05) is 14.1 Å². The fraction of sp³-hybridized carbons (Fsp3) is 0.267. The molecule has 1 aromatic heterocycles. The molecule has 0 fully saturated rings. The van der Waals surface area contributed by atoms with Crippen molar-refractivity contribution in [1.82, 2.24) is 8.87 Å². The largest absolute Gasteiger partial charge is 0.416 e. The molecule has 1 aromatic carbocycles. The zero-order valence-electron chi connectivity index (χ0n) is 12.9. The van der Waals surface area contributed by atoms with Crippen LogP contribution in [-0.2, 0) is 22.7 Å². The summed E-state index contributed by atoms with van der Waals surface area (Å²) in [5, 5.41) is 0. The molecule has 0 radical (unpaired) electrons. The first-order chi connectivity index (χ1) is 11.0. The number of halogens is 3. The summed E-state index contributed by atoms with van der Waals surface area (Å²) >= 11 is 0. The van der Waals surface area contributed by atoms with Gasteiger partial charge in [-0.15, -0.1) is 0 Å². The van der Waals surface area contributed by atoms with Gasteiger partial charge in [0.2, 0.25) is 10.0 Å². The van der Waals surface area contributed by atoms with Crippen molar-refractivity contribution in [3.05, 3.63) is 64.1 Å². The first-order valence-corrected chi connectivity index (χ1v) is 8.25. The van der Waals surface area contributed by atoms with Crippen LogP contribution < -0.4 is 5.56 Å². The Hall–Kier alpha value is -2.13. The van der Waals surface area contributed by atoms with Gasteiger partial charge in [0.05, 0.1) is 17.0 Å². The number of hydrogen-bond acceptors (Lipinski definition) is 3. The van der Waals surface area contributed by atoms with Crippen LogP contribution in [0.2, 0.25) is 0 Å². The quantitative estimate of drug-likeness (QED) is 0.840. The second kappa shape index (κ2) is 6.40. The molecule has 0 atom stereocenters. The summed E-state index contributed by atoms with van der Waals surface area (Å²) in [5.74, 6) is 0. The third-order valence-corrected chi connectivity index (χ3v) is 5.16. The monoisotopic (exact) mass is 360 g/mol. The van der Waals surface area contributed by atoms with Crippen molar-refractivity contribution >= 4 is 10.0 Å². The van der Waals surface area contributed by atoms with Crippen LogP contribution in [0.15, 0.2) is 52.3 Å². The third kappa shape index (κ3) is 3.85. The molecule has 0 saturated carbocycles. The van der Waals surface area contributed by atoms with Gasteiger partial charge in [0.1, 0.15) is 0 Å². The van der Waals surface area contributed by atoms with E-state index in [0.29, 0.717) is 11.6 Å². The first kappa shape index (κ1) is 18.2. The van der Waals surface area contributed by atoms with E-state index in [2.05, 4.69) is 0 Å². The number of pyridine rings is 1. The summed E-state index contributed by atoms with van der Waals surface area (Å²) in [6.07, 6.45) is -3.55. The van der Waals surface area contributed by atoms with Gasteiger partial charge in [-0.25, -0.2) is 12.7 Å². The molecule has 24 heavy (non-hydrogen) atoms. The van der Waals surface area contributed by atoms with Crippen LogP contribution in [0.1, 0.15) is 11.1 Å². The lowest BCUT2D eigenvalue weighted by Gasteiger charge is -2.13. The van der Waals surface area contributed by atoms with E-state index in [1.807, 2.05) is 0 Å². The van der Waals surface area contributed by atoms with E-state index in [0.717, 1.165) is 21.1 Å². The summed E-state index contributed by atoms with van der Waals surface area (Å²) in [7, 11) is -0.848. The third-order valence-electron chi connectivity index (χ3n) is 3.35. The molecule has 0 saturated heterocycles. The normalized spacial score (nSPS) is 12.6. The van der Waals surface area contributed by atoms with Gasteiger partial charge in [-0.3, -0.25) is 4.79 Å². The van der Waals surface area contributed by atoms with E-state index < -0.39 is 27.3 Å². The van der Waals surface area contributed by atoms with Gasteiger partial charge in [0, 0.05) is 26.4 Å². The molecule has 2 rings (SSSR count). The molecule has 0 aliphatic carbocycles. The topological polar surface area (TPSA) is 59.4 Å². The highest BCUT2D eigenvalue weighted by molar-refractivity contribution is 7.89. The van der Waals surface area contributed by atoms with Crippen LogP contribution in [0.4, 0.5) is 13.2 Å². The number of aromatic nitrogens is 1. The maximum absolute atomic E-state index is 12.6. The maximum Gasteiger partial charge on any atom is 0.416 e. The van der Waals surface area contributed by atoms with Crippen molar-refractivity contribution in [3.63, 3.8) is 0 Å². The predicted octanol–water partition coefficient (Wildman–Crippen LogP) is 2.17. The van der Waals surface area contributed by atoms with E-state index in [9.17, 15) is 26.4 Å². The minimum atomic E-state index is -4.59. The molecule has 0 aliphatic heterocycles. The molecule has 0 aliphatic rings. The molecule has 0 unspecified atom stereocenters. The van der Waals surface area contributed by atoms with Crippen molar-refractivity contribution < 1.29 is 21.6 Å². The van der Waals surface area contributed by atoms with Crippen LogP contribution in [-0.4, -0.2) is 31.4 Å². The number of sulfonamides is 1. The summed E-state index contributed by atoms with van der Waals surface area (Å²) in [6, 6.07) is 7.23. The highest BCUT2D eigenvalue weighted by Gasteiger charge is 2.30. The Morgan fingerprint density at radius 3 is 2.33 bits per heavy atom. The Kier molecular flexibility index (Phi) is 4.86. The molecular formula is C15H15F3N2O3S. The molecule has 1 heterocycles. The summed E-state index contributed by atoms with van der Waals surface area (Å²) in [4.78, 5) is 11.9. The lowest BCUT2D eigenvalue weighted by Crippen LogP contribution is -2.23. The minimum Gasteiger partial charge on any atom is -0.311 e. The van der Waals surface area contributed by atoms with Crippen molar-refractivity contribution in [2.45, 2.75) is 17.6 Å². The maximum atomic E-state index is 12.6. The SMILES string of the molecule is CN(C)S(=O)(=O)c1cccc(Cn2ccc(C(F)(F)F)cc2=O)c1. The van der Waals surface area contributed by atoms with Gasteiger partial charge in [0.25, 0.3) is 5.56 Å². The van der Waals surface area contributed by atoms with Gasteiger partial charge in [-0.1, -0.05) is 12.1 Å². The summed E-state index contributed by atoms with van der Waals surface area (Å²) < 4.78 is 64.0. The van der Waals surface area contributed by atoms with Crippen LogP contribution in [0.5, 0.6) is 0 Å². The summed E-state index contributed by atoms with van der Waals surface area (Å²) in [5.41, 5.74) is -1.35. The molecule has 2 aromatic rings. The van der Waals surface area contributed by atoms with Gasteiger partial charge >= 0.3 is 6.18 Å². The number of hydrogen-bond donors (Lipinski definition) is 0. The van der Waals surface area contributed by atoms with Gasteiger partial charge in [-0.2, -0.15) is 13.2 Å². The Labute approximate surface area is 137 Å². The Morgan fingerprint density at radius 1 is 1.12 bits per heavy atom. The van der Waals surface area contributed by atoms with Crippen LogP contribution in [0.25, 0.3) is 0 Å². The lowest BCUT2D eigenvalue weighted by molar-refractivity contribution is -0.137. The molecule has 5 nitrogen and oxygen atoms in total. The summed E-state index contributed by atoms with van der Waals surface area (Å²) in [6.45, 7) is -0.0340. The fourth-order valence-electron chi connectivity index (χ4n) is 2.03. The Bertz CT molecular complexity index is 903. The minimum absolute atomic E-state index is 0.0340. The number of alkyl halides is 3. The predicted molar refractivity (Wildman–Crippen MR) is 82.1 cm³/mol. The average molecular weight is 360 g/mol. The Balaban J connectivity index is 2.35. The van der Waals surface area contributed by atoms with Gasteiger partial charge in [0.15, 0.2) is 0 Å². The highest BCUT2D eigenvalue weighted by atomic mass is 32.2. The second-order valence-electron chi connectivity index (χ2n) is 5.31. The van der Waals surface area contributed by atoms with Crippen LogP contribution in [0, 0.1) is 0 Å². The van der Waals surface area contributed by atoms with Crippen molar-refractivity contribution in [2.24, 2.45) is 0 Å². The first-order valence-electron chi connectivity index (χ1n) is 6.81. The zero-order chi connectivity index (χ0) is 18.1. The molecular weight excluding hydrogens is 345 g/mol. The standard InChI is InChI=1S/C15H15F3N2O3S/c1-19(2)24(22,23)13-5-3-4-11(8-13)10-20-7-6-12(9-14(20)21)15(16,17)18/h3-9H,10H2,1-2H3. The van der Waals surface area contributed by atoms with Crippen LogP contribution in [0.3, 0.4) is 0 Å². The zero-order valence-corrected chi connectivity index (χ0v) is 13.7. The lowest BCUT2D eigenvalue weighted by atomic mass is 10.2. The molecule has 0 spiro atoms. The molecule has 9 heteroatoms. The second-order valence-corrected chi connectivity index (χ2v) is 7.47. The highest BCUT2D eigenvalue weighted by Crippen LogP contribution is 2.27. The molecule has 0 N–H and O–H groups in total. The fourth-order valence-corrected chi connectivity index (χ4v) is 3.00. The van der Waals surface area contributed by atoms with Crippen molar-refractivity contribution in [3.8, 4) is 0 Å². The number of nitrogens with zero attached hydrogens (tertiary/aromatic N) is 2. The van der Waals surface area contributed by atoms with Gasteiger partial charge in [-0.05, 0) is 23.8 Å². The number of benzene rings is 1. The van der Waals surface area contributed by atoms with E-state index in [1.54, 1.807) is 6.07 Å². The van der Waals surface area contributed by atoms with E-state index in [-0.39, 0.29) is 11.4 Å². The van der Waals surface area contributed by atoms with E-state index in [4.69, 9.17) is 0 Å².